The average molecular weight is 544 g/mol. The number of pyridine rings is 1. The molecule has 5 heterocycles. The summed E-state index contributed by atoms with van der Waals surface area (Å²) in [6.07, 6.45) is 4.57. The van der Waals surface area contributed by atoms with Crippen molar-refractivity contribution in [3.05, 3.63) is 45.2 Å². The molecule has 0 spiro atoms. The highest BCUT2D eigenvalue weighted by atomic mass is 32.2. The van der Waals surface area contributed by atoms with Crippen LogP contribution in [0.5, 0.6) is 0 Å². The van der Waals surface area contributed by atoms with Gasteiger partial charge in [0.1, 0.15) is 21.8 Å². The Hall–Kier alpha value is -3.29. The Morgan fingerprint density at radius 1 is 1.35 bits per heavy atom. The first-order valence-electron chi connectivity index (χ1n) is 11.9. The Bertz CT molecular complexity index is 1370. The number of methoxy groups -OCH3 is 1. The van der Waals surface area contributed by atoms with Crippen LogP contribution in [0.2, 0.25) is 0 Å². The van der Waals surface area contributed by atoms with Crippen LogP contribution in [0.15, 0.2) is 34.1 Å². The maximum atomic E-state index is 13.7. The molecule has 2 aromatic rings. The van der Waals surface area contributed by atoms with Gasteiger partial charge >= 0.3 is 5.97 Å². The van der Waals surface area contributed by atoms with Crippen LogP contribution < -0.4 is 15.8 Å². The summed E-state index contributed by atoms with van der Waals surface area (Å²) in [6.45, 7) is 1.63. The van der Waals surface area contributed by atoms with Gasteiger partial charge in [0.25, 0.3) is 11.5 Å². The monoisotopic (exact) mass is 543 g/mol. The summed E-state index contributed by atoms with van der Waals surface area (Å²) in [4.78, 5) is 59.9. The Kier molecular flexibility index (Phi) is 7.26. The molecule has 0 aromatic carbocycles. The fourth-order valence-electron chi connectivity index (χ4n) is 4.63. The number of fused-ring (bicyclic) bond motifs is 1. The molecule has 3 fully saturated rings. The molecule has 13 heteroatoms. The first kappa shape index (κ1) is 25.4. The van der Waals surface area contributed by atoms with E-state index in [-0.39, 0.29) is 40.6 Å². The molecular formula is C24H25N5O6S2. The van der Waals surface area contributed by atoms with E-state index in [1.165, 1.54) is 22.5 Å². The van der Waals surface area contributed by atoms with Crippen molar-refractivity contribution in [2.24, 2.45) is 0 Å². The molecule has 3 aliphatic heterocycles. The SMILES string of the molecule is COC(=O)C[C@H]1C(=O)NCCN1c1nc2ccccn2c(=O)c1/C=C1\SC(=S)N(C[C@H]2CCCO2)C1=O. The number of carbonyl (C=O) groups is 3. The predicted octanol–water partition coefficient (Wildman–Crippen LogP) is 0.943. The number of ether oxygens (including phenoxy) is 2. The van der Waals surface area contributed by atoms with Gasteiger partial charge in [-0.05, 0) is 31.1 Å². The number of hydrogen-bond donors (Lipinski definition) is 1. The molecule has 11 nitrogen and oxygen atoms in total. The summed E-state index contributed by atoms with van der Waals surface area (Å²) >= 11 is 6.58. The van der Waals surface area contributed by atoms with Crippen molar-refractivity contribution in [2.75, 3.05) is 38.3 Å². The van der Waals surface area contributed by atoms with E-state index in [9.17, 15) is 19.2 Å². The zero-order valence-electron chi connectivity index (χ0n) is 20.0. The molecule has 3 aliphatic rings. The molecule has 1 N–H and O–H groups in total. The molecule has 2 aromatic heterocycles. The first-order valence-corrected chi connectivity index (χ1v) is 13.1. The Morgan fingerprint density at radius 2 is 2.19 bits per heavy atom. The number of esters is 1. The maximum absolute atomic E-state index is 13.7. The molecule has 0 radical (unpaired) electrons. The van der Waals surface area contributed by atoms with Gasteiger partial charge in [0.15, 0.2) is 0 Å². The number of anilines is 1. The Labute approximate surface area is 221 Å². The van der Waals surface area contributed by atoms with Gasteiger partial charge in [-0.25, -0.2) is 4.98 Å². The molecule has 2 atom stereocenters. The van der Waals surface area contributed by atoms with E-state index >= 15 is 0 Å². The lowest BCUT2D eigenvalue weighted by Crippen LogP contribution is -2.57. The van der Waals surface area contributed by atoms with Crippen molar-refractivity contribution >= 4 is 63.6 Å². The number of hydrogen-bond acceptors (Lipinski definition) is 10. The van der Waals surface area contributed by atoms with Crippen molar-refractivity contribution in [2.45, 2.75) is 31.4 Å². The number of aromatic nitrogens is 2. The van der Waals surface area contributed by atoms with Crippen molar-refractivity contribution in [1.29, 1.82) is 0 Å². The number of nitrogens with zero attached hydrogens (tertiary/aromatic N) is 4. The molecule has 37 heavy (non-hydrogen) atoms. The minimum atomic E-state index is -0.930. The van der Waals surface area contributed by atoms with Gasteiger partial charge in [-0.1, -0.05) is 30.0 Å². The number of rotatable bonds is 6. The third-order valence-corrected chi connectivity index (χ3v) is 7.88. The maximum Gasteiger partial charge on any atom is 0.308 e. The van der Waals surface area contributed by atoms with Gasteiger partial charge in [0.05, 0.1) is 36.6 Å². The average Bonchev–Trinajstić information content (AvgIpc) is 3.50. The van der Waals surface area contributed by atoms with Crippen LogP contribution in [0.4, 0.5) is 5.82 Å². The zero-order valence-corrected chi connectivity index (χ0v) is 21.7. The smallest absolute Gasteiger partial charge is 0.308 e. The van der Waals surface area contributed by atoms with Crippen LogP contribution in [-0.2, 0) is 23.9 Å². The predicted molar refractivity (Wildman–Crippen MR) is 141 cm³/mol. The molecule has 194 valence electrons. The van der Waals surface area contributed by atoms with Crippen molar-refractivity contribution in [3.63, 3.8) is 0 Å². The van der Waals surface area contributed by atoms with E-state index < -0.39 is 17.6 Å². The lowest BCUT2D eigenvalue weighted by atomic mass is 10.1. The van der Waals surface area contributed by atoms with Crippen LogP contribution in [0.3, 0.4) is 0 Å². The molecule has 2 amide bonds. The second-order valence-electron chi connectivity index (χ2n) is 8.79. The molecular weight excluding hydrogens is 518 g/mol. The normalized spacial score (nSPS) is 23.3. The Balaban J connectivity index is 1.59. The fraction of sp³-hybridized carbons (Fsp3) is 0.417. The number of nitrogens with one attached hydrogen (secondary N) is 1. The summed E-state index contributed by atoms with van der Waals surface area (Å²) in [7, 11) is 1.25. The van der Waals surface area contributed by atoms with E-state index in [1.807, 2.05) is 0 Å². The standard InChI is InChI=1S/C24H25N5O6S2/c1-34-19(30)12-16-21(31)25-7-9-27(16)20-15(22(32)28-8-3-2-6-18(28)26-20)11-17-23(33)29(24(36)37-17)13-14-5-4-10-35-14/h2-3,6,8,11,14,16H,4-5,7,9-10,12-13H2,1H3,(H,25,31)/b17-11-/t14-,16+/m1/s1. The van der Waals surface area contributed by atoms with Gasteiger partial charge in [0.2, 0.25) is 5.91 Å². The summed E-state index contributed by atoms with van der Waals surface area (Å²) in [5.41, 5.74) is 0.0899. The van der Waals surface area contributed by atoms with Crippen LogP contribution in [0.25, 0.3) is 11.7 Å². The van der Waals surface area contributed by atoms with Crippen LogP contribution in [0.1, 0.15) is 24.8 Å². The van der Waals surface area contributed by atoms with Gasteiger partial charge in [-0.3, -0.25) is 28.5 Å². The topological polar surface area (TPSA) is 123 Å². The molecule has 0 bridgehead atoms. The van der Waals surface area contributed by atoms with Crippen molar-refractivity contribution < 1.29 is 23.9 Å². The van der Waals surface area contributed by atoms with E-state index in [0.717, 1.165) is 24.6 Å². The van der Waals surface area contributed by atoms with E-state index in [1.54, 1.807) is 29.3 Å². The molecule has 0 aliphatic carbocycles. The van der Waals surface area contributed by atoms with Gasteiger partial charge < -0.3 is 19.7 Å². The van der Waals surface area contributed by atoms with Gasteiger partial charge in [-0.15, -0.1) is 0 Å². The summed E-state index contributed by atoms with van der Waals surface area (Å²) in [5.74, 6) is -1.04. The van der Waals surface area contributed by atoms with Gasteiger partial charge in [0, 0.05) is 25.9 Å². The summed E-state index contributed by atoms with van der Waals surface area (Å²) in [5, 5.41) is 2.75. The molecule has 0 saturated carbocycles. The number of amides is 2. The van der Waals surface area contributed by atoms with E-state index in [4.69, 9.17) is 26.7 Å². The molecule has 5 rings (SSSR count). The second kappa shape index (κ2) is 10.6. The quantitative estimate of drug-likeness (QED) is 0.320. The fourth-order valence-corrected chi connectivity index (χ4v) is 5.89. The van der Waals surface area contributed by atoms with Crippen LogP contribution in [-0.4, -0.2) is 81.9 Å². The molecule has 0 unspecified atom stereocenters. The summed E-state index contributed by atoms with van der Waals surface area (Å²) in [6, 6.07) is 4.20. The zero-order chi connectivity index (χ0) is 26.1. The number of carbonyl (C=O) groups excluding carboxylic acids is 3. The second-order valence-corrected chi connectivity index (χ2v) is 10.5. The van der Waals surface area contributed by atoms with E-state index in [2.05, 4.69) is 5.32 Å². The van der Waals surface area contributed by atoms with E-state index in [0.29, 0.717) is 36.2 Å². The number of piperazine rings is 1. The largest absolute Gasteiger partial charge is 0.469 e. The minimum absolute atomic E-state index is 0.0729. The third kappa shape index (κ3) is 4.98. The number of thiocarbonyl (C=S) groups is 1. The number of thioether (sulfide) groups is 1. The van der Waals surface area contributed by atoms with Crippen LogP contribution >= 0.6 is 24.0 Å². The lowest BCUT2D eigenvalue weighted by Gasteiger charge is -2.36. The third-order valence-electron chi connectivity index (χ3n) is 6.50. The lowest BCUT2D eigenvalue weighted by molar-refractivity contribution is -0.143. The first-order chi connectivity index (χ1) is 17.9. The van der Waals surface area contributed by atoms with Gasteiger partial charge in [-0.2, -0.15) is 0 Å². The summed E-state index contributed by atoms with van der Waals surface area (Å²) < 4.78 is 12.2. The highest BCUT2D eigenvalue weighted by Crippen LogP contribution is 2.35. The van der Waals surface area contributed by atoms with Crippen LogP contribution in [0, 0.1) is 0 Å². The Morgan fingerprint density at radius 3 is 2.95 bits per heavy atom. The van der Waals surface area contributed by atoms with Crippen molar-refractivity contribution in [1.82, 2.24) is 19.6 Å². The highest BCUT2D eigenvalue weighted by Gasteiger charge is 2.37. The molecule has 3 saturated heterocycles. The van der Waals surface area contributed by atoms with Crippen molar-refractivity contribution in [3.8, 4) is 0 Å². The minimum Gasteiger partial charge on any atom is -0.469 e. The highest BCUT2D eigenvalue weighted by molar-refractivity contribution is 8.26.